The first kappa shape index (κ1) is 13.5. The van der Waals surface area contributed by atoms with Gasteiger partial charge in [0.25, 0.3) is 0 Å². The summed E-state index contributed by atoms with van der Waals surface area (Å²) in [6.07, 6.45) is -4.45. The van der Waals surface area contributed by atoms with Gasteiger partial charge in [0, 0.05) is 0 Å². The first-order valence-electron chi connectivity index (χ1n) is 5.32. The van der Waals surface area contributed by atoms with Crippen molar-refractivity contribution >= 4 is 23.0 Å². The van der Waals surface area contributed by atoms with Gasteiger partial charge in [-0.1, -0.05) is 29.8 Å². The van der Waals surface area contributed by atoms with E-state index in [1.165, 1.54) is 30.3 Å². The second kappa shape index (κ2) is 4.66. The van der Waals surface area contributed by atoms with Crippen LogP contribution in [0.2, 0.25) is 5.02 Å². The Morgan fingerprint density at radius 1 is 1.00 bits per heavy atom. The highest BCUT2D eigenvalue weighted by atomic mass is 35.5. The van der Waals surface area contributed by atoms with E-state index in [9.17, 15) is 13.2 Å². The number of halogens is 4. The zero-order valence-corrected chi connectivity index (χ0v) is 10.4. The molecule has 0 atom stereocenters. The van der Waals surface area contributed by atoms with Gasteiger partial charge < -0.3 is 11.5 Å². The summed E-state index contributed by atoms with van der Waals surface area (Å²) in [7, 11) is 0. The van der Waals surface area contributed by atoms with E-state index in [4.69, 9.17) is 23.1 Å². The fourth-order valence-corrected chi connectivity index (χ4v) is 2.00. The third kappa shape index (κ3) is 2.61. The molecule has 0 aromatic heterocycles. The van der Waals surface area contributed by atoms with E-state index in [0.29, 0.717) is 0 Å². The van der Waals surface area contributed by atoms with Crippen LogP contribution < -0.4 is 11.5 Å². The highest BCUT2D eigenvalue weighted by Gasteiger charge is 2.33. The Kier molecular flexibility index (Phi) is 3.32. The maximum atomic E-state index is 12.9. The van der Waals surface area contributed by atoms with Crippen LogP contribution >= 0.6 is 11.6 Å². The van der Waals surface area contributed by atoms with E-state index in [2.05, 4.69) is 0 Å². The van der Waals surface area contributed by atoms with Crippen LogP contribution in [0.4, 0.5) is 24.5 Å². The van der Waals surface area contributed by atoms with Crippen LogP contribution in [-0.4, -0.2) is 0 Å². The van der Waals surface area contributed by atoms with E-state index in [1.54, 1.807) is 0 Å². The zero-order chi connectivity index (χ0) is 14.2. The monoisotopic (exact) mass is 286 g/mol. The molecule has 0 saturated carbocycles. The van der Waals surface area contributed by atoms with Crippen molar-refractivity contribution in [2.45, 2.75) is 6.18 Å². The molecule has 2 nitrogen and oxygen atoms in total. The maximum Gasteiger partial charge on any atom is 0.417 e. The molecule has 0 amide bonds. The Bertz CT molecular complexity index is 601. The second-order valence-electron chi connectivity index (χ2n) is 4.00. The number of rotatable bonds is 1. The molecule has 0 fully saturated rings. The molecule has 0 aliphatic rings. The first-order chi connectivity index (χ1) is 8.80. The van der Waals surface area contributed by atoms with Gasteiger partial charge in [0.1, 0.15) is 0 Å². The Hall–Kier alpha value is -1.88. The highest BCUT2D eigenvalue weighted by molar-refractivity contribution is 6.34. The molecule has 2 aromatic rings. The van der Waals surface area contributed by atoms with Crippen LogP contribution in [-0.2, 0) is 6.18 Å². The van der Waals surface area contributed by atoms with Crippen molar-refractivity contribution in [1.29, 1.82) is 0 Å². The van der Waals surface area contributed by atoms with Crippen LogP contribution in [0.1, 0.15) is 5.56 Å². The topological polar surface area (TPSA) is 52.0 Å². The molecular weight excluding hydrogens is 277 g/mol. The lowest BCUT2D eigenvalue weighted by molar-refractivity contribution is -0.137. The van der Waals surface area contributed by atoms with Crippen molar-refractivity contribution in [3.05, 3.63) is 47.0 Å². The molecule has 0 saturated heterocycles. The van der Waals surface area contributed by atoms with E-state index in [1.807, 2.05) is 0 Å². The van der Waals surface area contributed by atoms with Crippen LogP contribution in [0.25, 0.3) is 11.1 Å². The molecule has 0 heterocycles. The molecule has 4 N–H and O–H groups in total. The van der Waals surface area contributed by atoms with Crippen molar-refractivity contribution in [3.63, 3.8) is 0 Å². The highest BCUT2D eigenvalue weighted by Crippen LogP contribution is 2.39. The van der Waals surface area contributed by atoms with Crippen molar-refractivity contribution in [1.82, 2.24) is 0 Å². The Morgan fingerprint density at radius 3 is 2.21 bits per heavy atom. The van der Waals surface area contributed by atoms with Crippen LogP contribution in [0.15, 0.2) is 36.4 Å². The summed E-state index contributed by atoms with van der Waals surface area (Å²) in [5.41, 5.74) is 11.1. The number of nitrogen functional groups attached to an aromatic ring is 2. The summed E-state index contributed by atoms with van der Waals surface area (Å²) < 4.78 is 38.8. The minimum Gasteiger partial charge on any atom is -0.397 e. The SMILES string of the molecule is Nc1cc(-c2ccccc2C(F)(F)F)cc(Cl)c1N. The van der Waals surface area contributed by atoms with Crippen molar-refractivity contribution in [3.8, 4) is 11.1 Å². The van der Waals surface area contributed by atoms with Gasteiger partial charge >= 0.3 is 6.18 Å². The molecule has 0 bridgehead atoms. The minimum atomic E-state index is -4.45. The van der Waals surface area contributed by atoms with Gasteiger partial charge in [-0.3, -0.25) is 0 Å². The van der Waals surface area contributed by atoms with E-state index >= 15 is 0 Å². The quantitative estimate of drug-likeness (QED) is 0.772. The first-order valence-corrected chi connectivity index (χ1v) is 5.69. The molecule has 19 heavy (non-hydrogen) atoms. The number of nitrogens with two attached hydrogens (primary N) is 2. The molecule has 0 spiro atoms. The Morgan fingerprint density at radius 2 is 1.63 bits per heavy atom. The average Bonchev–Trinajstić information content (AvgIpc) is 2.34. The number of hydrogen-bond donors (Lipinski definition) is 2. The van der Waals surface area contributed by atoms with E-state index < -0.39 is 11.7 Å². The molecule has 2 rings (SSSR count). The average molecular weight is 287 g/mol. The van der Waals surface area contributed by atoms with E-state index in [0.717, 1.165) is 6.07 Å². The minimum absolute atomic E-state index is 0.0172. The third-order valence-corrected chi connectivity index (χ3v) is 3.02. The van der Waals surface area contributed by atoms with Gasteiger partial charge in [0.05, 0.1) is 22.0 Å². The van der Waals surface area contributed by atoms with Crippen LogP contribution in [0.5, 0.6) is 0 Å². The zero-order valence-electron chi connectivity index (χ0n) is 9.63. The largest absolute Gasteiger partial charge is 0.417 e. The summed E-state index contributed by atoms with van der Waals surface area (Å²) in [6, 6.07) is 7.98. The predicted octanol–water partition coefficient (Wildman–Crippen LogP) is 4.19. The molecule has 100 valence electrons. The predicted molar refractivity (Wildman–Crippen MR) is 70.7 cm³/mol. The molecule has 2 aromatic carbocycles. The summed E-state index contributed by atoms with van der Waals surface area (Å²) in [5, 5.41) is 0.131. The molecule has 0 unspecified atom stereocenters. The number of anilines is 2. The standard InChI is InChI=1S/C13H10ClF3N2/c14-10-5-7(6-11(18)12(10)19)8-3-1-2-4-9(8)13(15,16)17/h1-6H,18-19H2. The lowest BCUT2D eigenvalue weighted by atomic mass is 9.98. The fourth-order valence-electron chi connectivity index (χ4n) is 1.78. The Balaban J connectivity index is 2.67. The second-order valence-corrected chi connectivity index (χ2v) is 4.41. The van der Waals surface area contributed by atoms with Gasteiger partial charge in [-0.2, -0.15) is 13.2 Å². The van der Waals surface area contributed by atoms with Gasteiger partial charge in [0.2, 0.25) is 0 Å². The maximum absolute atomic E-state index is 12.9. The molecule has 6 heteroatoms. The Labute approximate surface area is 112 Å². The summed E-state index contributed by atoms with van der Waals surface area (Å²) >= 11 is 5.85. The van der Waals surface area contributed by atoms with Crippen molar-refractivity contribution < 1.29 is 13.2 Å². The summed E-state index contributed by atoms with van der Waals surface area (Å²) in [6.45, 7) is 0. The molecule has 0 aliphatic heterocycles. The van der Waals surface area contributed by atoms with Crippen molar-refractivity contribution in [2.24, 2.45) is 0 Å². The summed E-state index contributed by atoms with van der Waals surface area (Å²) in [4.78, 5) is 0. The molecular formula is C13H10ClF3N2. The fraction of sp³-hybridized carbons (Fsp3) is 0.0769. The number of alkyl halides is 3. The lowest BCUT2D eigenvalue weighted by Gasteiger charge is -2.14. The number of benzene rings is 2. The van der Waals surface area contributed by atoms with Crippen molar-refractivity contribution in [2.75, 3.05) is 11.5 Å². The lowest BCUT2D eigenvalue weighted by Crippen LogP contribution is -2.07. The summed E-state index contributed by atoms with van der Waals surface area (Å²) in [5.74, 6) is 0. The molecule has 0 radical (unpaired) electrons. The normalized spacial score (nSPS) is 11.6. The van der Waals surface area contributed by atoms with Gasteiger partial charge in [-0.25, -0.2) is 0 Å². The van der Waals surface area contributed by atoms with Gasteiger partial charge in [0.15, 0.2) is 0 Å². The van der Waals surface area contributed by atoms with Crippen LogP contribution in [0, 0.1) is 0 Å². The van der Waals surface area contributed by atoms with Crippen LogP contribution in [0.3, 0.4) is 0 Å². The third-order valence-electron chi connectivity index (χ3n) is 2.71. The number of hydrogen-bond acceptors (Lipinski definition) is 2. The smallest absolute Gasteiger partial charge is 0.397 e. The van der Waals surface area contributed by atoms with E-state index in [-0.39, 0.29) is 27.5 Å². The molecule has 0 aliphatic carbocycles. The van der Waals surface area contributed by atoms with Gasteiger partial charge in [-0.05, 0) is 29.3 Å². The van der Waals surface area contributed by atoms with Gasteiger partial charge in [-0.15, -0.1) is 0 Å².